The van der Waals surface area contributed by atoms with Crippen LogP contribution in [0.3, 0.4) is 0 Å². The Bertz CT molecular complexity index is 460. The molecule has 0 atom stereocenters. The van der Waals surface area contributed by atoms with Gasteiger partial charge in [0.15, 0.2) is 0 Å². The zero-order valence-corrected chi connectivity index (χ0v) is 12.1. The Labute approximate surface area is 122 Å². The highest BCUT2D eigenvalue weighted by atomic mass is 15.0. The van der Waals surface area contributed by atoms with Gasteiger partial charge < -0.3 is 0 Å². The highest BCUT2D eigenvalue weighted by Crippen LogP contribution is 2.38. The average Bonchev–Trinajstić information content (AvgIpc) is 3.02. The highest BCUT2D eigenvalue weighted by molar-refractivity contribution is 5.22. The lowest BCUT2D eigenvalue weighted by Crippen LogP contribution is -2.50. The first-order chi connectivity index (χ1) is 9.81. The summed E-state index contributed by atoms with van der Waals surface area (Å²) in [7, 11) is 0. The molecule has 0 unspecified atom stereocenters. The van der Waals surface area contributed by atoms with Gasteiger partial charge in [0.1, 0.15) is 5.54 Å². The predicted octanol–water partition coefficient (Wildman–Crippen LogP) is 4.14. The Morgan fingerprint density at radius 2 is 1.65 bits per heavy atom. The molecule has 0 amide bonds. The molecule has 20 heavy (non-hydrogen) atoms. The summed E-state index contributed by atoms with van der Waals surface area (Å²) >= 11 is 0. The molecule has 2 saturated carbocycles. The van der Waals surface area contributed by atoms with E-state index in [1.54, 1.807) is 0 Å². The maximum absolute atomic E-state index is 9.65. The Balaban J connectivity index is 1.62. The molecular formula is C18H24N2. The summed E-state index contributed by atoms with van der Waals surface area (Å²) in [4.78, 5) is 0. The van der Waals surface area contributed by atoms with Crippen LogP contribution in [0.1, 0.15) is 62.8 Å². The molecule has 0 bridgehead atoms. The highest BCUT2D eigenvalue weighted by Gasteiger charge is 2.37. The van der Waals surface area contributed by atoms with E-state index in [9.17, 15) is 5.26 Å². The van der Waals surface area contributed by atoms with Crippen LogP contribution in [0.15, 0.2) is 30.3 Å². The number of rotatable bonds is 3. The molecule has 2 fully saturated rings. The van der Waals surface area contributed by atoms with Crippen LogP contribution in [0, 0.1) is 11.3 Å². The third-order valence-electron chi connectivity index (χ3n) is 5.16. The topological polar surface area (TPSA) is 35.8 Å². The van der Waals surface area contributed by atoms with Gasteiger partial charge in [-0.15, -0.1) is 0 Å². The standard InChI is InChI=1S/C18H24N2/c19-14-18(20-17-8-4-5-9-17)12-10-16(11-13-18)15-6-2-1-3-7-15/h1-3,6-7,16-17,20H,4-5,8-13H2. The number of benzene rings is 1. The number of nitrogens with zero attached hydrogens (tertiary/aromatic N) is 1. The van der Waals surface area contributed by atoms with Gasteiger partial charge in [0.25, 0.3) is 0 Å². The molecule has 2 aliphatic carbocycles. The number of nitrogens with one attached hydrogen (secondary N) is 1. The maximum atomic E-state index is 9.65. The Morgan fingerprint density at radius 1 is 1.00 bits per heavy atom. The van der Waals surface area contributed by atoms with Crippen LogP contribution in [0.25, 0.3) is 0 Å². The SMILES string of the molecule is N#CC1(NC2CCCC2)CCC(c2ccccc2)CC1. The van der Waals surface area contributed by atoms with Crippen molar-refractivity contribution in [2.75, 3.05) is 0 Å². The zero-order valence-electron chi connectivity index (χ0n) is 12.1. The Kier molecular flexibility index (Phi) is 4.08. The van der Waals surface area contributed by atoms with E-state index in [-0.39, 0.29) is 5.54 Å². The lowest BCUT2D eigenvalue weighted by Gasteiger charge is -2.38. The number of hydrogen-bond donors (Lipinski definition) is 1. The van der Waals surface area contributed by atoms with E-state index in [2.05, 4.69) is 41.7 Å². The quantitative estimate of drug-likeness (QED) is 0.894. The molecule has 0 saturated heterocycles. The van der Waals surface area contributed by atoms with Gasteiger partial charge in [0.05, 0.1) is 6.07 Å². The summed E-state index contributed by atoms with van der Waals surface area (Å²) in [6.45, 7) is 0. The second-order valence-electron chi connectivity index (χ2n) is 6.50. The van der Waals surface area contributed by atoms with Crippen molar-refractivity contribution < 1.29 is 0 Å². The molecule has 0 spiro atoms. The molecule has 106 valence electrons. The van der Waals surface area contributed by atoms with E-state index in [4.69, 9.17) is 0 Å². The van der Waals surface area contributed by atoms with Crippen LogP contribution < -0.4 is 5.32 Å². The lowest BCUT2D eigenvalue weighted by molar-refractivity contribution is 0.250. The zero-order chi connectivity index (χ0) is 13.8. The molecule has 3 rings (SSSR count). The fourth-order valence-corrected chi connectivity index (χ4v) is 3.92. The molecule has 1 aromatic rings. The smallest absolute Gasteiger partial charge is 0.107 e. The summed E-state index contributed by atoms with van der Waals surface area (Å²) in [5.74, 6) is 0.642. The van der Waals surface area contributed by atoms with Crippen LogP contribution in [0.4, 0.5) is 0 Å². The lowest BCUT2D eigenvalue weighted by atomic mass is 9.74. The molecule has 0 radical (unpaired) electrons. The second-order valence-corrected chi connectivity index (χ2v) is 6.50. The monoisotopic (exact) mass is 268 g/mol. The van der Waals surface area contributed by atoms with Crippen LogP contribution >= 0.6 is 0 Å². The largest absolute Gasteiger partial charge is 0.297 e. The fourth-order valence-electron chi connectivity index (χ4n) is 3.92. The van der Waals surface area contributed by atoms with Crippen molar-refractivity contribution in [3.05, 3.63) is 35.9 Å². The van der Waals surface area contributed by atoms with Gasteiger partial charge >= 0.3 is 0 Å². The van der Waals surface area contributed by atoms with Crippen LogP contribution in [0.2, 0.25) is 0 Å². The molecule has 0 aromatic heterocycles. The van der Waals surface area contributed by atoms with Crippen molar-refractivity contribution in [2.45, 2.75) is 68.9 Å². The Hall–Kier alpha value is -1.33. The van der Waals surface area contributed by atoms with Gasteiger partial charge in [0.2, 0.25) is 0 Å². The van der Waals surface area contributed by atoms with Crippen LogP contribution in [0.5, 0.6) is 0 Å². The second kappa shape index (κ2) is 5.97. The summed E-state index contributed by atoms with van der Waals surface area (Å²) in [5, 5.41) is 13.3. The van der Waals surface area contributed by atoms with E-state index >= 15 is 0 Å². The molecule has 0 heterocycles. The maximum Gasteiger partial charge on any atom is 0.107 e. The number of hydrogen-bond acceptors (Lipinski definition) is 2. The average molecular weight is 268 g/mol. The van der Waals surface area contributed by atoms with Gasteiger partial charge in [-0.2, -0.15) is 5.26 Å². The van der Waals surface area contributed by atoms with E-state index in [0.717, 1.165) is 25.7 Å². The minimum Gasteiger partial charge on any atom is -0.297 e. The fraction of sp³-hybridized carbons (Fsp3) is 0.611. The predicted molar refractivity (Wildman–Crippen MR) is 81.4 cm³/mol. The first-order valence-corrected chi connectivity index (χ1v) is 8.05. The first-order valence-electron chi connectivity index (χ1n) is 8.05. The third kappa shape index (κ3) is 2.88. The van der Waals surface area contributed by atoms with Crippen molar-refractivity contribution in [3.63, 3.8) is 0 Å². The summed E-state index contributed by atoms with van der Waals surface area (Å²) in [5.41, 5.74) is 1.19. The first kappa shape index (κ1) is 13.6. The van der Waals surface area contributed by atoms with Crippen molar-refractivity contribution in [1.29, 1.82) is 5.26 Å². The minimum absolute atomic E-state index is 0.250. The molecule has 0 aliphatic heterocycles. The van der Waals surface area contributed by atoms with Gasteiger partial charge in [-0.05, 0) is 50.0 Å². The van der Waals surface area contributed by atoms with Crippen molar-refractivity contribution in [3.8, 4) is 6.07 Å². The van der Waals surface area contributed by atoms with E-state index in [1.165, 1.54) is 31.2 Å². The molecule has 2 heteroatoms. The van der Waals surface area contributed by atoms with E-state index < -0.39 is 0 Å². The van der Waals surface area contributed by atoms with Gasteiger partial charge in [0, 0.05) is 6.04 Å². The molecular weight excluding hydrogens is 244 g/mol. The van der Waals surface area contributed by atoms with Crippen LogP contribution in [-0.2, 0) is 0 Å². The molecule has 1 N–H and O–H groups in total. The van der Waals surface area contributed by atoms with E-state index in [1.807, 2.05) is 0 Å². The molecule has 2 nitrogen and oxygen atoms in total. The Morgan fingerprint density at radius 3 is 2.25 bits per heavy atom. The van der Waals surface area contributed by atoms with Gasteiger partial charge in [-0.3, -0.25) is 5.32 Å². The number of nitriles is 1. The van der Waals surface area contributed by atoms with Gasteiger partial charge in [-0.25, -0.2) is 0 Å². The minimum atomic E-state index is -0.250. The summed E-state index contributed by atoms with van der Waals surface area (Å²) in [6.07, 6.45) is 9.43. The summed E-state index contributed by atoms with van der Waals surface area (Å²) < 4.78 is 0. The third-order valence-corrected chi connectivity index (χ3v) is 5.16. The van der Waals surface area contributed by atoms with Gasteiger partial charge in [-0.1, -0.05) is 43.2 Å². The summed E-state index contributed by atoms with van der Waals surface area (Å²) in [6, 6.07) is 14.0. The molecule has 2 aliphatic rings. The molecule has 1 aromatic carbocycles. The van der Waals surface area contributed by atoms with Crippen molar-refractivity contribution in [1.82, 2.24) is 5.32 Å². The van der Waals surface area contributed by atoms with Crippen molar-refractivity contribution >= 4 is 0 Å². The normalized spacial score (nSPS) is 31.1. The van der Waals surface area contributed by atoms with Crippen LogP contribution in [-0.4, -0.2) is 11.6 Å². The van der Waals surface area contributed by atoms with Crippen molar-refractivity contribution in [2.24, 2.45) is 0 Å². The van der Waals surface area contributed by atoms with E-state index in [0.29, 0.717) is 12.0 Å².